The van der Waals surface area contributed by atoms with E-state index in [0.717, 1.165) is 22.8 Å². The second-order valence-corrected chi connectivity index (χ2v) is 8.59. The minimum absolute atomic E-state index is 0.0517. The van der Waals surface area contributed by atoms with Crippen LogP contribution >= 0.6 is 0 Å². The average Bonchev–Trinajstić information content (AvgIpc) is 3.03. The van der Waals surface area contributed by atoms with Crippen molar-refractivity contribution in [2.75, 3.05) is 19.6 Å². The lowest BCUT2D eigenvalue weighted by Gasteiger charge is -2.21. The summed E-state index contributed by atoms with van der Waals surface area (Å²) in [7, 11) is 0. The van der Waals surface area contributed by atoms with Crippen molar-refractivity contribution >= 4 is 33.4 Å². The Labute approximate surface area is 193 Å². The zero-order valence-electron chi connectivity index (χ0n) is 18.5. The molecule has 2 N–H and O–H groups in total. The van der Waals surface area contributed by atoms with Gasteiger partial charge >= 0.3 is 0 Å². The first kappa shape index (κ1) is 21.2. The van der Waals surface area contributed by atoms with E-state index in [4.69, 9.17) is 0 Å². The van der Waals surface area contributed by atoms with Crippen LogP contribution in [0.4, 0.5) is 0 Å². The standard InChI is InChI=1S/C28H27N3O2/c32-27-18-29-25(17-30-28(33)23-13-12-20-6-1-2-8-22(20)16-23)14-15-31(27)19-24-10-5-9-21-7-3-4-11-26(21)24/h1-13,16,25,29H,14-15,17-19H2,(H,30,33). The van der Waals surface area contributed by atoms with Gasteiger partial charge in [0.25, 0.3) is 5.91 Å². The second kappa shape index (κ2) is 9.43. The Balaban J connectivity index is 1.20. The summed E-state index contributed by atoms with van der Waals surface area (Å²) in [4.78, 5) is 27.4. The SMILES string of the molecule is O=C(NCC1CCN(Cc2cccc3ccccc23)C(=O)CN1)c1ccc2ccccc2c1. The molecule has 166 valence electrons. The monoisotopic (exact) mass is 437 g/mol. The van der Waals surface area contributed by atoms with Crippen LogP contribution in [0.25, 0.3) is 21.5 Å². The van der Waals surface area contributed by atoms with Gasteiger partial charge in [-0.15, -0.1) is 0 Å². The summed E-state index contributed by atoms with van der Waals surface area (Å²) in [5.74, 6) is -0.00275. The molecule has 5 heteroatoms. The van der Waals surface area contributed by atoms with Crippen molar-refractivity contribution in [1.82, 2.24) is 15.5 Å². The van der Waals surface area contributed by atoms with Gasteiger partial charge in [0.05, 0.1) is 6.54 Å². The van der Waals surface area contributed by atoms with E-state index in [9.17, 15) is 9.59 Å². The molecule has 0 radical (unpaired) electrons. The summed E-state index contributed by atoms with van der Waals surface area (Å²) in [6.07, 6.45) is 0.786. The number of amides is 2. The van der Waals surface area contributed by atoms with Gasteiger partial charge in [-0.1, -0.05) is 72.8 Å². The van der Waals surface area contributed by atoms with Gasteiger partial charge < -0.3 is 15.5 Å². The van der Waals surface area contributed by atoms with E-state index in [1.54, 1.807) is 0 Å². The fraction of sp³-hybridized carbons (Fsp3) is 0.214. The van der Waals surface area contributed by atoms with Gasteiger partial charge in [0.1, 0.15) is 0 Å². The Kier molecular flexibility index (Phi) is 6.05. The molecule has 5 nitrogen and oxygen atoms in total. The zero-order chi connectivity index (χ0) is 22.6. The predicted molar refractivity (Wildman–Crippen MR) is 132 cm³/mol. The van der Waals surface area contributed by atoms with Gasteiger partial charge in [0, 0.05) is 31.2 Å². The van der Waals surface area contributed by atoms with Crippen molar-refractivity contribution in [3.8, 4) is 0 Å². The van der Waals surface area contributed by atoms with Gasteiger partial charge in [-0.2, -0.15) is 0 Å². The molecule has 0 aliphatic carbocycles. The van der Waals surface area contributed by atoms with Crippen LogP contribution in [0, 0.1) is 0 Å². The van der Waals surface area contributed by atoms with Crippen molar-refractivity contribution < 1.29 is 9.59 Å². The van der Waals surface area contributed by atoms with Crippen LogP contribution in [-0.2, 0) is 11.3 Å². The smallest absolute Gasteiger partial charge is 0.251 e. The Morgan fingerprint density at radius 3 is 2.55 bits per heavy atom. The van der Waals surface area contributed by atoms with Crippen molar-refractivity contribution in [3.63, 3.8) is 0 Å². The predicted octanol–water partition coefficient (Wildman–Crippen LogP) is 4.11. The van der Waals surface area contributed by atoms with E-state index in [2.05, 4.69) is 34.9 Å². The second-order valence-electron chi connectivity index (χ2n) is 8.59. The summed E-state index contributed by atoms with van der Waals surface area (Å²) in [6.45, 7) is 2.02. The van der Waals surface area contributed by atoms with Crippen molar-refractivity contribution in [2.24, 2.45) is 0 Å². The summed E-state index contributed by atoms with van der Waals surface area (Å²) < 4.78 is 0. The molecule has 1 aliphatic rings. The minimum atomic E-state index is -0.0919. The Morgan fingerprint density at radius 2 is 1.67 bits per heavy atom. The third kappa shape index (κ3) is 4.73. The third-order valence-electron chi connectivity index (χ3n) is 6.40. The highest BCUT2D eigenvalue weighted by molar-refractivity contribution is 5.98. The van der Waals surface area contributed by atoms with Gasteiger partial charge in [0.2, 0.25) is 5.91 Å². The third-order valence-corrected chi connectivity index (χ3v) is 6.40. The van der Waals surface area contributed by atoms with Crippen LogP contribution in [0.15, 0.2) is 84.9 Å². The summed E-state index contributed by atoms with van der Waals surface area (Å²) in [5, 5.41) is 10.9. The lowest BCUT2D eigenvalue weighted by atomic mass is 10.0. The quantitative estimate of drug-likeness (QED) is 0.494. The van der Waals surface area contributed by atoms with E-state index in [-0.39, 0.29) is 24.4 Å². The highest BCUT2D eigenvalue weighted by Gasteiger charge is 2.23. The number of hydrogen-bond acceptors (Lipinski definition) is 3. The van der Waals surface area contributed by atoms with Crippen LogP contribution in [0.3, 0.4) is 0 Å². The van der Waals surface area contributed by atoms with E-state index < -0.39 is 0 Å². The molecule has 1 unspecified atom stereocenters. The van der Waals surface area contributed by atoms with Gasteiger partial charge in [-0.05, 0) is 45.7 Å². The number of carbonyl (C=O) groups is 2. The zero-order valence-corrected chi connectivity index (χ0v) is 18.5. The molecule has 0 saturated carbocycles. The van der Waals surface area contributed by atoms with Crippen LogP contribution in [-0.4, -0.2) is 42.4 Å². The molecule has 1 atom stereocenters. The molecule has 0 bridgehead atoms. The maximum Gasteiger partial charge on any atom is 0.251 e. The van der Waals surface area contributed by atoms with Crippen molar-refractivity contribution in [2.45, 2.75) is 19.0 Å². The molecule has 0 aromatic heterocycles. The van der Waals surface area contributed by atoms with Crippen LogP contribution in [0.1, 0.15) is 22.3 Å². The van der Waals surface area contributed by atoms with Gasteiger partial charge in [-0.3, -0.25) is 9.59 Å². The first-order valence-corrected chi connectivity index (χ1v) is 11.4. The maximum absolute atomic E-state index is 12.8. The summed E-state index contributed by atoms with van der Waals surface area (Å²) in [6, 6.07) is 28.3. The Morgan fingerprint density at radius 1 is 0.909 bits per heavy atom. The molecule has 1 fully saturated rings. The molecule has 0 spiro atoms. The molecule has 4 aromatic rings. The fourth-order valence-corrected chi connectivity index (χ4v) is 4.51. The lowest BCUT2D eigenvalue weighted by molar-refractivity contribution is -0.130. The number of nitrogens with zero attached hydrogens (tertiary/aromatic N) is 1. The number of fused-ring (bicyclic) bond motifs is 2. The van der Waals surface area contributed by atoms with Crippen LogP contribution < -0.4 is 10.6 Å². The molecule has 33 heavy (non-hydrogen) atoms. The minimum Gasteiger partial charge on any atom is -0.350 e. The first-order valence-electron chi connectivity index (χ1n) is 11.4. The largest absolute Gasteiger partial charge is 0.350 e. The normalized spacial score (nSPS) is 16.7. The topological polar surface area (TPSA) is 61.4 Å². The Hall–Kier alpha value is -3.70. The van der Waals surface area contributed by atoms with Gasteiger partial charge in [0.15, 0.2) is 0 Å². The average molecular weight is 438 g/mol. The molecular formula is C28H27N3O2. The van der Waals surface area contributed by atoms with Crippen LogP contribution in [0.2, 0.25) is 0 Å². The van der Waals surface area contributed by atoms with E-state index in [1.807, 2.05) is 65.6 Å². The highest BCUT2D eigenvalue weighted by atomic mass is 16.2. The van der Waals surface area contributed by atoms with E-state index in [0.29, 0.717) is 25.2 Å². The molecule has 1 saturated heterocycles. The summed E-state index contributed by atoms with van der Waals surface area (Å²) >= 11 is 0. The Bertz CT molecular complexity index is 1310. The number of rotatable bonds is 5. The number of benzene rings is 4. The number of nitrogens with one attached hydrogen (secondary N) is 2. The molecular weight excluding hydrogens is 410 g/mol. The van der Waals surface area contributed by atoms with Gasteiger partial charge in [-0.25, -0.2) is 0 Å². The van der Waals surface area contributed by atoms with Crippen LogP contribution in [0.5, 0.6) is 0 Å². The van der Waals surface area contributed by atoms with E-state index in [1.165, 1.54) is 10.8 Å². The molecule has 1 heterocycles. The number of carbonyl (C=O) groups excluding carboxylic acids is 2. The highest BCUT2D eigenvalue weighted by Crippen LogP contribution is 2.21. The number of hydrogen-bond donors (Lipinski definition) is 2. The van der Waals surface area contributed by atoms with Crippen molar-refractivity contribution in [1.29, 1.82) is 0 Å². The maximum atomic E-state index is 12.8. The fourth-order valence-electron chi connectivity index (χ4n) is 4.51. The molecule has 4 aromatic carbocycles. The molecule has 1 aliphatic heterocycles. The van der Waals surface area contributed by atoms with Crippen molar-refractivity contribution in [3.05, 3.63) is 96.1 Å². The molecule has 5 rings (SSSR count). The summed E-state index contributed by atoms with van der Waals surface area (Å²) in [5.41, 5.74) is 1.81. The van der Waals surface area contributed by atoms with E-state index >= 15 is 0 Å². The molecule has 2 amide bonds. The lowest BCUT2D eigenvalue weighted by Crippen LogP contribution is -2.41. The first-order chi connectivity index (χ1) is 16.2.